The fourth-order valence-corrected chi connectivity index (χ4v) is 3.14. The van der Waals surface area contributed by atoms with Crippen LogP contribution in [-0.2, 0) is 11.3 Å². The molecule has 2 rings (SSSR count). The number of thioether (sulfide) groups is 1. The zero-order valence-corrected chi connectivity index (χ0v) is 12.2. The molecule has 0 bridgehead atoms. The van der Waals surface area contributed by atoms with E-state index < -0.39 is 0 Å². The van der Waals surface area contributed by atoms with Gasteiger partial charge in [-0.25, -0.2) is 4.39 Å². The van der Waals surface area contributed by atoms with E-state index in [-0.39, 0.29) is 22.5 Å². The van der Waals surface area contributed by atoms with Crippen LogP contribution in [0.3, 0.4) is 0 Å². The molecule has 1 saturated heterocycles. The van der Waals surface area contributed by atoms with Gasteiger partial charge in [-0.15, -0.1) is 11.8 Å². The average Bonchev–Trinajstić information content (AvgIpc) is 2.70. The highest BCUT2D eigenvalue weighted by molar-refractivity contribution is 8.00. The van der Waals surface area contributed by atoms with Crippen LogP contribution in [0.25, 0.3) is 0 Å². The number of amides is 1. The molecular weight excluding hydrogens is 263 g/mol. The van der Waals surface area contributed by atoms with Crippen molar-refractivity contribution in [2.45, 2.75) is 38.1 Å². The summed E-state index contributed by atoms with van der Waals surface area (Å²) in [6.07, 6.45) is 0. The number of hydrogen-bond donors (Lipinski definition) is 2. The van der Waals surface area contributed by atoms with Crippen LogP contribution in [0.1, 0.15) is 25.0 Å². The summed E-state index contributed by atoms with van der Waals surface area (Å²) >= 11 is 1.73. The summed E-state index contributed by atoms with van der Waals surface area (Å²) in [4.78, 5) is 12.1. The van der Waals surface area contributed by atoms with Crippen molar-refractivity contribution in [1.29, 1.82) is 0 Å². The molecule has 1 fully saturated rings. The zero-order chi connectivity index (χ0) is 14.0. The fraction of sp³-hybridized carbons (Fsp3) is 0.500. The molecule has 0 aromatic heterocycles. The molecule has 0 saturated carbocycles. The SMILES string of the molecule is Cc1ccc(F)cc1CNC(=O)C1NCSC1(C)C. The summed E-state index contributed by atoms with van der Waals surface area (Å²) < 4.78 is 13.1. The Morgan fingerprint density at radius 3 is 2.95 bits per heavy atom. The van der Waals surface area contributed by atoms with E-state index in [2.05, 4.69) is 24.5 Å². The number of aryl methyl sites for hydroxylation is 1. The van der Waals surface area contributed by atoms with Gasteiger partial charge >= 0.3 is 0 Å². The van der Waals surface area contributed by atoms with Crippen LogP contribution in [0, 0.1) is 12.7 Å². The summed E-state index contributed by atoms with van der Waals surface area (Å²) in [7, 11) is 0. The maximum atomic E-state index is 13.2. The first-order valence-corrected chi connectivity index (χ1v) is 7.29. The Kier molecular flexibility index (Phi) is 4.16. The van der Waals surface area contributed by atoms with E-state index in [1.165, 1.54) is 12.1 Å². The van der Waals surface area contributed by atoms with Crippen molar-refractivity contribution in [1.82, 2.24) is 10.6 Å². The Morgan fingerprint density at radius 1 is 1.58 bits per heavy atom. The molecule has 2 N–H and O–H groups in total. The summed E-state index contributed by atoms with van der Waals surface area (Å²) in [5, 5.41) is 6.07. The number of halogens is 1. The van der Waals surface area contributed by atoms with E-state index in [1.807, 2.05) is 6.92 Å². The lowest BCUT2D eigenvalue weighted by Crippen LogP contribution is -2.49. The van der Waals surface area contributed by atoms with Gasteiger partial charge in [-0.05, 0) is 44.0 Å². The molecule has 1 aromatic carbocycles. The average molecular weight is 282 g/mol. The zero-order valence-electron chi connectivity index (χ0n) is 11.4. The highest BCUT2D eigenvalue weighted by atomic mass is 32.2. The van der Waals surface area contributed by atoms with Crippen LogP contribution in [0.4, 0.5) is 4.39 Å². The van der Waals surface area contributed by atoms with E-state index in [4.69, 9.17) is 0 Å². The first-order chi connectivity index (χ1) is 8.90. The number of benzene rings is 1. The van der Waals surface area contributed by atoms with Gasteiger partial charge in [0.05, 0.1) is 0 Å². The van der Waals surface area contributed by atoms with E-state index in [0.29, 0.717) is 6.54 Å². The first kappa shape index (κ1) is 14.3. The van der Waals surface area contributed by atoms with Gasteiger partial charge in [0.2, 0.25) is 5.91 Å². The lowest BCUT2D eigenvalue weighted by molar-refractivity contribution is -0.123. The number of hydrogen-bond acceptors (Lipinski definition) is 3. The summed E-state index contributed by atoms with van der Waals surface area (Å²) in [6.45, 7) is 6.38. The van der Waals surface area contributed by atoms with Crippen molar-refractivity contribution >= 4 is 17.7 Å². The molecule has 1 aliphatic heterocycles. The molecule has 1 aliphatic rings. The van der Waals surface area contributed by atoms with Gasteiger partial charge in [0.15, 0.2) is 0 Å². The van der Waals surface area contributed by atoms with Crippen molar-refractivity contribution in [3.8, 4) is 0 Å². The van der Waals surface area contributed by atoms with Gasteiger partial charge < -0.3 is 5.32 Å². The van der Waals surface area contributed by atoms with Crippen molar-refractivity contribution < 1.29 is 9.18 Å². The van der Waals surface area contributed by atoms with Crippen molar-refractivity contribution in [2.75, 3.05) is 5.88 Å². The summed E-state index contributed by atoms with van der Waals surface area (Å²) in [6, 6.07) is 4.42. The monoisotopic (exact) mass is 282 g/mol. The molecule has 0 aliphatic carbocycles. The molecule has 1 unspecified atom stereocenters. The van der Waals surface area contributed by atoms with Crippen LogP contribution in [0.5, 0.6) is 0 Å². The van der Waals surface area contributed by atoms with Crippen LogP contribution < -0.4 is 10.6 Å². The normalized spacial score (nSPS) is 21.4. The molecule has 1 aromatic rings. The molecule has 19 heavy (non-hydrogen) atoms. The number of nitrogens with one attached hydrogen (secondary N) is 2. The third kappa shape index (κ3) is 3.28. The fourth-order valence-electron chi connectivity index (χ4n) is 2.16. The molecule has 0 radical (unpaired) electrons. The van der Waals surface area contributed by atoms with Crippen molar-refractivity contribution in [3.63, 3.8) is 0 Å². The second-order valence-electron chi connectivity index (χ2n) is 5.32. The largest absolute Gasteiger partial charge is 0.351 e. The van der Waals surface area contributed by atoms with Crippen LogP contribution in [-0.4, -0.2) is 22.6 Å². The van der Waals surface area contributed by atoms with Crippen LogP contribution in [0.2, 0.25) is 0 Å². The van der Waals surface area contributed by atoms with Gasteiger partial charge in [-0.2, -0.15) is 0 Å². The minimum Gasteiger partial charge on any atom is -0.351 e. The minimum absolute atomic E-state index is 0.0290. The number of carbonyl (C=O) groups excluding carboxylic acids is 1. The van der Waals surface area contributed by atoms with Gasteiger partial charge in [0, 0.05) is 17.2 Å². The smallest absolute Gasteiger partial charge is 0.238 e. The number of carbonyl (C=O) groups is 1. The predicted molar refractivity (Wildman–Crippen MR) is 76.4 cm³/mol. The topological polar surface area (TPSA) is 41.1 Å². The minimum atomic E-state index is -0.273. The van der Waals surface area contributed by atoms with E-state index >= 15 is 0 Å². The Hall–Kier alpha value is -1.07. The van der Waals surface area contributed by atoms with Crippen LogP contribution in [0.15, 0.2) is 18.2 Å². The maximum absolute atomic E-state index is 13.2. The third-order valence-corrected chi connectivity index (χ3v) is 4.74. The lowest BCUT2D eigenvalue weighted by Gasteiger charge is -2.24. The molecule has 1 heterocycles. The molecule has 3 nitrogen and oxygen atoms in total. The second-order valence-corrected chi connectivity index (χ2v) is 6.95. The quantitative estimate of drug-likeness (QED) is 0.893. The van der Waals surface area contributed by atoms with Gasteiger partial charge in [-0.1, -0.05) is 6.07 Å². The Bertz CT molecular complexity index is 490. The summed E-state index contributed by atoms with van der Waals surface area (Å²) in [5.74, 6) is 0.479. The maximum Gasteiger partial charge on any atom is 0.238 e. The molecule has 104 valence electrons. The Morgan fingerprint density at radius 2 is 2.32 bits per heavy atom. The highest BCUT2D eigenvalue weighted by Crippen LogP contribution is 2.32. The number of rotatable bonds is 3. The summed E-state index contributed by atoms with van der Waals surface area (Å²) in [5.41, 5.74) is 1.80. The van der Waals surface area contributed by atoms with Crippen molar-refractivity contribution in [3.05, 3.63) is 35.1 Å². The van der Waals surface area contributed by atoms with Gasteiger partial charge in [-0.3, -0.25) is 10.1 Å². The second kappa shape index (κ2) is 5.51. The van der Waals surface area contributed by atoms with E-state index in [0.717, 1.165) is 17.0 Å². The first-order valence-electron chi connectivity index (χ1n) is 6.30. The Labute approximate surface area is 117 Å². The molecule has 1 amide bonds. The van der Waals surface area contributed by atoms with E-state index in [9.17, 15) is 9.18 Å². The molecular formula is C14H19FN2OS. The predicted octanol–water partition coefficient (Wildman–Crippen LogP) is 2.19. The Balaban J connectivity index is 1.99. The van der Waals surface area contributed by atoms with E-state index in [1.54, 1.807) is 17.8 Å². The molecule has 1 atom stereocenters. The van der Waals surface area contributed by atoms with Gasteiger partial charge in [0.1, 0.15) is 11.9 Å². The lowest BCUT2D eigenvalue weighted by atomic mass is 10.0. The standard InChI is InChI=1S/C14H19FN2OS/c1-9-4-5-11(15)6-10(9)7-16-13(18)12-14(2,3)19-8-17-12/h4-6,12,17H,7-8H2,1-3H3,(H,16,18). The van der Waals surface area contributed by atoms with Crippen molar-refractivity contribution in [2.24, 2.45) is 0 Å². The van der Waals surface area contributed by atoms with Crippen LogP contribution >= 0.6 is 11.8 Å². The third-order valence-electron chi connectivity index (χ3n) is 3.45. The van der Waals surface area contributed by atoms with Gasteiger partial charge in [0.25, 0.3) is 0 Å². The highest BCUT2D eigenvalue weighted by Gasteiger charge is 2.39. The molecule has 0 spiro atoms. The molecule has 5 heteroatoms.